The van der Waals surface area contributed by atoms with Gasteiger partial charge in [0.2, 0.25) is 11.8 Å². The fourth-order valence-electron chi connectivity index (χ4n) is 5.56. The van der Waals surface area contributed by atoms with E-state index in [4.69, 9.17) is 9.47 Å². The monoisotopic (exact) mass is 638 g/mol. The first-order valence-corrected chi connectivity index (χ1v) is 16.5. The number of nitrogens with zero attached hydrogens (tertiary/aromatic N) is 3. The molecule has 10 nitrogen and oxygen atoms in total. The number of carbonyl (C=O) groups excluding carboxylic acids is 3. The van der Waals surface area contributed by atoms with Crippen molar-refractivity contribution >= 4 is 23.4 Å². The number of carbonyl (C=O) groups is 3. The van der Waals surface area contributed by atoms with Gasteiger partial charge in [-0.05, 0) is 83.9 Å². The summed E-state index contributed by atoms with van der Waals surface area (Å²) in [5.74, 6) is -0.137. The first-order chi connectivity index (χ1) is 22.0. The molecule has 0 aromatic heterocycles. The molecule has 4 atom stereocenters. The van der Waals surface area contributed by atoms with E-state index in [1.807, 2.05) is 65.3 Å². The van der Waals surface area contributed by atoms with Crippen LogP contribution in [0.2, 0.25) is 0 Å². The van der Waals surface area contributed by atoms with Gasteiger partial charge in [0.15, 0.2) is 0 Å². The van der Waals surface area contributed by atoms with Crippen LogP contribution in [0.1, 0.15) is 68.8 Å². The topological polar surface area (TPSA) is 112 Å². The number of amides is 3. The molecule has 10 heteroatoms. The molecule has 0 unspecified atom stereocenters. The van der Waals surface area contributed by atoms with Crippen molar-refractivity contribution in [3.8, 4) is 5.75 Å². The van der Waals surface area contributed by atoms with Crippen molar-refractivity contribution in [1.29, 1.82) is 0 Å². The van der Waals surface area contributed by atoms with Gasteiger partial charge in [-0.25, -0.2) is 0 Å². The molecule has 46 heavy (non-hydrogen) atoms. The quantitative estimate of drug-likeness (QED) is 0.374. The summed E-state index contributed by atoms with van der Waals surface area (Å²) in [6, 6.07) is 14.1. The maximum atomic E-state index is 14.3. The van der Waals surface area contributed by atoms with Crippen LogP contribution in [0.5, 0.6) is 5.75 Å². The van der Waals surface area contributed by atoms with Crippen LogP contribution in [-0.4, -0.2) is 110 Å². The van der Waals surface area contributed by atoms with Crippen LogP contribution in [0.25, 0.3) is 0 Å². The molecule has 2 aromatic carbocycles. The second-order valence-corrected chi connectivity index (χ2v) is 12.9. The first-order valence-electron chi connectivity index (χ1n) is 16.5. The molecule has 1 aliphatic heterocycles. The van der Waals surface area contributed by atoms with E-state index in [0.717, 1.165) is 37.8 Å². The zero-order valence-electron chi connectivity index (χ0n) is 28.5. The molecule has 0 saturated heterocycles. The number of likely N-dealkylation sites (N-methyl/N-ethyl adjacent to an activating group) is 1. The Morgan fingerprint density at radius 2 is 1.83 bits per heavy atom. The summed E-state index contributed by atoms with van der Waals surface area (Å²) in [4.78, 5) is 45.6. The minimum absolute atomic E-state index is 0.0652. The van der Waals surface area contributed by atoms with E-state index in [1.54, 1.807) is 34.9 Å². The third-order valence-electron chi connectivity index (χ3n) is 8.42. The van der Waals surface area contributed by atoms with Crippen molar-refractivity contribution in [1.82, 2.24) is 14.7 Å². The first kappa shape index (κ1) is 37.0. The Labute approximate surface area is 275 Å². The lowest BCUT2D eigenvalue weighted by atomic mass is 10.0. The van der Waals surface area contributed by atoms with Crippen molar-refractivity contribution in [2.75, 3.05) is 59.3 Å². The molecule has 254 valence electrons. The van der Waals surface area contributed by atoms with Crippen LogP contribution >= 0.6 is 0 Å². The van der Waals surface area contributed by atoms with E-state index in [9.17, 15) is 19.5 Å². The maximum Gasteiger partial charge on any atom is 0.258 e. The van der Waals surface area contributed by atoms with E-state index in [-0.39, 0.29) is 48.9 Å². The fourth-order valence-corrected chi connectivity index (χ4v) is 5.56. The van der Waals surface area contributed by atoms with Crippen molar-refractivity contribution in [3.05, 3.63) is 59.7 Å². The third kappa shape index (κ3) is 11.7. The van der Waals surface area contributed by atoms with Crippen molar-refractivity contribution in [3.63, 3.8) is 0 Å². The van der Waals surface area contributed by atoms with Crippen LogP contribution in [0.4, 0.5) is 5.69 Å². The lowest BCUT2D eigenvalue weighted by Gasteiger charge is -2.36. The molecule has 1 heterocycles. The number of ether oxygens (including phenoxy) is 2. The number of hydrogen-bond donors (Lipinski definition) is 2. The minimum Gasteiger partial charge on any atom is -0.490 e. The van der Waals surface area contributed by atoms with E-state index in [2.05, 4.69) is 10.2 Å². The highest BCUT2D eigenvalue weighted by atomic mass is 16.5. The summed E-state index contributed by atoms with van der Waals surface area (Å²) >= 11 is 0. The number of aliphatic hydroxyl groups excluding tert-OH is 1. The van der Waals surface area contributed by atoms with Gasteiger partial charge in [0, 0.05) is 44.8 Å². The van der Waals surface area contributed by atoms with Crippen molar-refractivity contribution in [2.45, 2.75) is 77.5 Å². The van der Waals surface area contributed by atoms with Crippen LogP contribution < -0.4 is 10.1 Å². The van der Waals surface area contributed by atoms with Gasteiger partial charge in [-0.3, -0.25) is 14.4 Å². The third-order valence-corrected chi connectivity index (χ3v) is 8.42. The number of hydrogen-bond acceptors (Lipinski definition) is 7. The van der Waals surface area contributed by atoms with Crippen LogP contribution in [0.15, 0.2) is 48.5 Å². The summed E-state index contributed by atoms with van der Waals surface area (Å²) in [6.45, 7) is 7.66. The number of rotatable bonds is 11. The lowest BCUT2D eigenvalue weighted by Crippen LogP contribution is -2.48. The SMILES string of the molecule is C[C@H]1CCCCO[C@H](CN(C)C(=O)CCCN(C)C)[C@@H](C)CN([C@@H](C)CO)C(=O)c2cc(NC(=O)Cc3ccccc3)ccc2O1. The standard InChI is InChI=1S/C36H54N4O6/c1-26-23-40(27(2)25-41)36(44)31-22-30(37-34(42)21-29-14-8-7-9-15-29)17-18-32(31)46-28(3)13-10-11-20-45-33(26)24-39(6)35(43)16-12-19-38(4)5/h7-9,14-15,17-18,22,26-28,33,41H,10-13,16,19-21,23-25H2,1-6H3,(H,37,42)/t26-,27-,28-,33+/m0/s1. The highest BCUT2D eigenvalue weighted by Crippen LogP contribution is 2.28. The summed E-state index contributed by atoms with van der Waals surface area (Å²) < 4.78 is 12.7. The van der Waals surface area contributed by atoms with Gasteiger partial charge >= 0.3 is 0 Å². The summed E-state index contributed by atoms with van der Waals surface area (Å²) in [5, 5.41) is 13.1. The molecule has 2 N–H and O–H groups in total. The predicted octanol–water partition coefficient (Wildman–Crippen LogP) is 4.46. The average molecular weight is 639 g/mol. The van der Waals surface area contributed by atoms with E-state index < -0.39 is 6.04 Å². The molecule has 0 spiro atoms. The van der Waals surface area contributed by atoms with Crippen molar-refractivity contribution < 1.29 is 29.0 Å². The second kappa shape index (κ2) is 18.6. The highest BCUT2D eigenvalue weighted by Gasteiger charge is 2.31. The summed E-state index contributed by atoms with van der Waals surface area (Å²) in [6.07, 6.45) is 3.48. The zero-order chi connectivity index (χ0) is 33.6. The number of benzene rings is 2. The van der Waals surface area contributed by atoms with Gasteiger partial charge in [-0.1, -0.05) is 37.3 Å². The Morgan fingerprint density at radius 3 is 2.52 bits per heavy atom. The zero-order valence-corrected chi connectivity index (χ0v) is 28.5. The molecule has 1 aliphatic rings. The number of nitrogens with one attached hydrogen (secondary N) is 1. The van der Waals surface area contributed by atoms with Gasteiger partial charge < -0.3 is 34.6 Å². The molecule has 0 saturated carbocycles. The van der Waals surface area contributed by atoms with Gasteiger partial charge in [-0.2, -0.15) is 0 Å². The Balaban J connectivity index is 1.87. The van der Waals surface area contributed by atoms with Gasteiger partial charge in [0.25, 0.3) is 5.91 Å². The van der Waals surface area contributed by atoms with Gasteiger partial charge in [0.05, 0.1) is 36.8 Å². The normalized spacial score (nSPS) is 20.3. The molecule has 0 fully saturated rings. The predicted molar refractivity (Wildman–Crippen MR) is 181 cm³/mol. The number of fused-ring (bicyclic) bond motifs is 1. The summed E-state index contributed by atoms with van der Waals surface area (Å²) in [5.41, 5.74) is 1.70. The van der Waals surface area contributed by atoms with Gasteiger partial charge in [-0.15, -0.1) is 0 Å². The largest absolute Gasteiger partial charge is 0.490 e. The maximum absolute atomic E-state index is 14.3. The average Bonchev–Trinajstić information content (AvgIpc) is 3.02. The van der Waals surface area contributed by atoms with Gasteiger partial charge in [0.1, 0.15) is 5.75 Å². The summed E-state index contributed by atoms with van der Waals surface area (Å²) in [7, 11) is 5.79. The Hall–Kier alpha value is -3.47. The van der Waals surface area contributed by atoms with Crippen LogP contribution in [0.3, 0.4) is 0 Å². The Morgan fingerprint density at radius 1 is 1.09 bits per heavy atom. The molecule has 0 aliphatic carbocycles. The van der Waals surface area contributed by atoms with Crippen molar-refractivity contribution in [2.24, 2.45) is 5.92 Å². The molecule has 0 bridgehead atoms. The van der Waals surface area contributed by atoms with E-state index in [1.165, 1.54) is 0 Å². The number of anilines is 1. The minimum atomic E-state index is -0.490. The Bertz CT molecular complexity index is 1260. The van der Waals surface area contributed by atoms with E-state index in [0.29, 0.717) is 43.1 Å². The lowest BCUT2D eigenvalue weighted by molar-refractivity contribution is -0.132. The molecule has 2 aromatic rings. The fraction of sp³-hybridized carbons (Fsp3) is 0.583. The van der Waals surface area contributed by atoms with Crippen LogP contribution in [0, 0.1) is 5.92 Å². The highest BCUT2D eigenvalue weighted by molar-refractivity contribution is 6.00. The molecule has 3 rings (SSSR count). The number of aliphatic hydroxyl groups is 1. The molecular weight excluding hydrogens is 584 g/mol. The smallest absolute Gasteiger partial charge is 0.258 e. The Kier molecular flexibility index (Phi) is 15.0. The van der Waals surface area contributed by atoms with Crippen LogP contribution in [-0.2, 0) is 20.7 Å². The van der Waals surface area contributed by atoms with E-state index >= 15 is 0 Å². The second-order valence-electron chi connectivity index (χ2n) is 12.9. The molecular formula is C36H54N4O6. The molecule has 3 amide bonds. The molecule has 0 radical (unpaired) electrons.